The number of aromatic amines is 3. The lowest BCUT2D eigenvalue weighted by Crippen LogP contribution is -2.21. The number of amides is 3. The van der Waals surface area contributed by atoms with Gasteiger partial charge in [0.25, 0.3) is 34.4 Å². The van der Waals surface area contributed by atoms with E-state index in [4.69, 9.17) is 0 Å². The number of nitrogens with one attached hydrogen (secondary N) is 6. The molecule has 6 aromatic heterocycles. The number of aryl methyl sites for hydroxylation is 1. The van der Waals surface area contributed by atoms with Crippen LogP contribution in [0.2, 0.25) is 0 Å². The Morgan fingerprint density at radius 3 is 1.45 bits per heavy atom. The maximum Gasteiger partial charge on any atom is 0.276 e. The molecule has 0 aliphatic carbocycles. The Morgan fingerprint density at radius 2 is 0.934 bits per heavy atom. The van der Waals surface area contributed by atoms with Crippen LogP contribution in [0.15, 0.2) is 191 Å². The Labute approximate surface area is 514 Å². The van der Waals surface area contributed by atoms with Gasteiger partial charge in [-0.05, 0) is 135 Å². The second-order valence-corrected chi connectivity index (χ2v) is 20.5. The van der Waals surface area contributed by atoms with Crippen LogP contribution in [0.25, 0.3) is 28.2 Å². The monoisotopic (exact) mass is 1230 g/mol. The molecule has 3 amide bonds. The fraction of sp³-hybridized carbons (Fsp3) is 0.104. The number of fused-ring (bicyclic) bond motifs is 3. The van der Waals surface area contributed by atoms with Gasteiger partial charge in [0.2, 0.25) is 0 Å². The van der Waals surface area contributed by atoms with E-state index in [2.05, 4.69) is 46.2 Å². The van der Waals surface area contributed by atoms with Crippen LogP contribution < -0.4 is 32.6 Å². The molecule has 91 heavy (non-hydrogen) atoms. The van der Waals surface area contributed by atoms with E-state index in [-0.39, 0.29) is 82.6 Å². The summed E-state index contributed by atoms with van der Waals surface area (Å²) in [4.78, 5) is 123. The fourth-order valence-electron chi connectivity index (χ4n) is 9.38. The summed E-state index contributed by atoms with van der Waals surface area (Å²) in [6.45, 7) is 6.19. The lowest BCUT2D eigenvalue weighted by molar-refractivity contribution is 0.100. The molecule has 24 heteroatoms. The van der Waals surface area contributed by atoms with E-state index in [1.807, 2.05) is 6.92 Å². The first kappa shape index (κ1) is 63.3. The second kappa shape index (κ2) is 27.2. The van der Waals surface area contributed by atoms with Crippen LogP contribution in [-0.2, 0) is 12.8 Å². The minimum atomic E-state index is -0.493. The molecule has 21 nitrogen and oxygen atoms in total. The SMILES string of the molecule is C.CC(=O)c1ccc(NC(=O)c2c[nH]n3c(=O)c(Cc4cc(F)ccc4C)cnc23)cc1.CC(=O)c1cccc(NC(=O)c2c[nH]n3c(=O)c(Cc4ccccc4F)cnc23)c1.CC(=O)c1cccc(NC(=O)c2c[nH]n3c(=O)cc(-c4ccc(F)cc4)nc23)c1. The second-order valence-electron chi connectivity index (χ2n) is 20.5. The molecule has 0 aliphatic heterocycles. The van der Waals surface area contributed by atoms with Crippen molar-refractivity contribution < 1.29 is 41.9 Å². The Hall–Kier alpha value is -12.2. The summed E-state index contributed by atoms with van der Waals surface area (Å²) in [7, 11) is 0. The number of hydrogen-bond donors (Lipinski definition) is 6. The minimum absolute atomic E-state index is 0. The number of carbonyl (C=O) groups is 6. The quantitative estimate of drug-likeness (QED) is 0.0554. The van der Waals surface area contributed by atoms with Crippen LogP contribution in [0.3, 0.4) is 0 Å². The molecule has 12 rings (SSSR count). The van der Waals surface area contributed by atoms with E-state index >= 15 is 0 Å². The number of carbonyl (C=O) groups excluding carboxylic acids is 6. The molecule has 0 bridgehead atoms. The predicted octanol–water partition coefficient (Wildman–Crippen LogP) is 10.6. The van der Waals surface area contributed by atoms with Crippen molar-refractivity contribution in [2.75, 3.05) is 16.0 Å². The molecular formula is C67H55F3N12O9. The van der Waals surface area contributed by atoms with E-state index in [9.17, 15) is 56.3 Å². The Bertz CT molecular complexity index is 5010. The number of anilines is 3. The third-order valence-electron chi connectivity index (χ3n) is 14.2. The molecule has 6 N–H and O–H groups in total. The van der Waals surface area contributed by atoms with Gasteiger partial charge in [-0.1, -0.05) is 56.0 Å². The Kier molecular flexibility index (Phi) is 18.9. The van der Waals surface area contributed by atoms with Gasteiger partial charge in [-0.3, -0.25) is 58.4 Å². The number of aromatic nitrogens is 9. The normalized spacial score (nSPS) is 10.8. The van der Waals surface area contributed by atoms with E-state index in [0.29, 0.717) is 67.3 Å². The molecule has 0 atom stereocenters. The molecule has 12 aromatic rings. The highest BCUT2D eigenvalue weighted by Crippen LogP contribution is 2.22. The minimum Gasteiger partial charge on any atom is -0.322 e. The first-order chi connectivity index (χ1) is 43.2. The third kappa shape index (κ3) is 14.3. The van der Waals surface area contributed by atoms with E-state index in [1.54, 1.807) is 97.1 Å². The third-order valence-corrected chi connectivity index (χ3v) is 14.2. The molecule has 0 spiro atoms. The van der Waals surface area contributed by atoms with Gasteiger partial charge >= 0.3 is 0 Å². The highest BCUT2D eigenvalue weighted by molar-refractivity contribution is 6.10. The highest BCUT2D eigenvalue weighted by atomic mass is 19.1. The number of H-pyrrole nitrogens is 3. The number of hydrogen-bond acceptors (Lipinski definition) is 12. The zero-order chi connectivity index (χ0) is 63.9. The first-order valence-corrected chi connectivity index (χ1v) is 27.5. The number of ketones is 3. The van der Waals surface area contributed by atoms with Gasteiger partial charge in [0, 0.05) is 100 Å². The van der Waals surface area contributed by atoms with Crippen molar-refractivity contribution in [3.8, 4) is 11.3 Å². The molecule has 6 aromatic carbocycles. The van der Waals surface area contributed by atoms with Gasteiger partial charge < -0.3 is 16.0 Å². The fourth-order valence-corrected chi connectivity index (χ4v) is 9.38. The first-order valence-electron chi connectivity index (χ1n) is 27.5. The van der Waals surface area contributed by atoms with Crippen LogP contribution in [0.4, 0.5) is 30.2 Å². The zero-order valence-corrected chi connectivity index (χ0v) is 48.1. The topological polar surface area (TPSA) is 289 Å². The van der Waals surface area contributed by atoms with E-state index in [1.165, 1.54) is 105 Å². The van der Waals surface area contributed by atoms with Crippen molar-refractivity contribution in [3.63, 3.8) is 0 Å². The molecule has 458 valence electrons. The van der Waals surface area contributed by atoms with Crippen LogP contribution >= 0.6 is 0 Å². The summed E-state index contributed by atoms with van der Waals surface area (Å²) in [5, 5.41) is 16.3. The standard InChI is InChI=1S/C23H19FN4O3.C22H17FN4O3.C21H15FN4O3.CH4/c1-13-3-6-18(24)10-16(13)9-17-11-25-21-20(12-26-28(21)23(17)31)22(30)27-19-7-4-15(5-8-19)14(2)29;1-13(28)14-6-4-7-17(10-14)26-21(29)18-12-25-27-20(18)24-11-16(22(27)30)9-15-5-2-3-8-19(15)23;1-12(27)14-3-2-4-16(9-14)24-21(29)17-11-23-26-19(28)10-18(25-20(17)26)13-5-7-15(22)8-6-13;/h3-8,10-12,26H,9H2,1-2H3,(H,27,30);2-8,10-12,25H,9H2,1H3,(H,26,29);2-11,23H,1H3,(H,24,29);1H4. The Morgan fingerprint density at radius 1 is 0.462 bits per heavy atom. The summed E-state index contributed by atoms with van der Waals surface area (Å²) >= 11 is 0. The number of Topliss-reactive ketones (excluding diaryl/α,β-unsaturated/α-hetero) is 3. The summed E-state index contributed by atoms with van der Waals surface area (Å²) < 4.78 is 44.1. The van der Waals surface area contributed by atoms with Crippen molar-refractivity contribution in [3.05, 3.63) is 286 Å². The Balaban J connectivity index is 0.000000161. The van der Waals surface area contributed by atoms with Crippen LogP contribution in [-0.4, -0.2) is 78.9 Å². The summed E-state index contributed by atoms with van der Waals surface area (Å²) in [6, 6.07) is 37.1. The molecule has 0 radical (unpaired) electrons. The molecule has 0 fully saturated rings. The summed E-state index contributed by atoms with van der Waals surface area (Å²) in [6.07, 6.45) is 7.23. The van der Waals surface area contributed by atoms with Crippen LogP contribution in [0.5, 0.6) is 0 Å². The van der Waals surface area contributed by atoms with Crippen molar-refractivity contribution >= 4 is 69.1 Å². The van der Waals surface area contributed by atoms with Gasteiger partial charge in [-0.15, -0.1) is 0 Å². The predicted molar refractivity (Wildman–Crippen MR) is 336 cm³/mol. The molecule has 6 heterocycles. The summed E-state index contributed by atoms with van der Waals surface area (Å²) in [5.74, 6) is -2.90. The van der Waals surface area contributed by atoms with Gasteiger partial charge in [0.15, 0.2) is 34.3 Å². The summed E-state index contributed by atoms with van der Waals surface area (Å²) in [5.41, 5.74) is 6.15. The maximum absolute atomic E-state index is 13.9. The lowest BCUT2D eigenvalue weighted by atomic mass is 10.0. The van der Waals surface area contributed by atoms with Gasteiger partial charge in [0.1, 0.15) is 34.1 Å². The van der Waals surface area contributed by atoms with E-state index < -0.39 is 40.5 Å². The molecule has 0 unspecified atom stereocenters. The highest BCUT2D eigenvalue weighted by Gasteiger charge is 2.21. The van der Waals surface area contributed by atoms with Crippen molar-refractivity contribution in [1.29, 1.82) is 0 Å². The average molecular weight is 1230 g/mol. The maximum atomic E-state index is 13.9. The van der Waals surface area contributed by atoms with Gasteiger partial charge in [-0.2, -0.15) is 0 Å². The van der Waals surface area contributed by atoms with Crippen LogP contribution in [0, 0.1) is 24.4 Å². The lowest BCUT2D eigenvalue weighted by Gasteiger charge is -2.07. The number of nitrogens with zero attached hydrogens (tertiary/aromatic N) is 6. The number of benzene rings is 6. The molecular weight excluding hydrogens is 1170 g/mol. The van der Waals surface area contributed by atoms with Gasteiger partial charge in [-0.25, -0.2) is 41.7 Å². The molecule has 0 saturated heterocycles. The molecule has 0 aliphatic rings. The number of rotatable bonds is 14. The van der Waals surface area contributed by atoms with Crippen LogP contribution in [0.1, 0.15) is 118 Å². The van der Waals surface area contributed by atoms with E-state index in [0.717, 1.165) is 14.6 Å². The smallest absolute Gasteiger partial charge is 0.276 e. The van der Waals surface area contributed by atoms with Crippen molar-refractivity contribution in [2.24, 2.45) is 0 Å². The van der Waals surface area contributed by atoms with Gasteiger partial charge in [0.05, 0.1) is 5.69 Å². The zero-order valence-electron chi connectivity index (χ0n) is 48.1. The average Bonchev–Trinajstić information content (AvgIpc) is 1.77. The van der Waals surface area contributed by atoms with Crippen molar-refractivity contribution in [1.82, 2.24) is 43.8 Å². The largest absolute Gasteiger partial charge is 0.322 e. The molecule has 0 saturated carbocycles. The number of halogens is 3. The van der Waals surface area contributed by atoms with Crippen molar-refractivity contribution in [2.45, 2.75) is 48.0 Å².